The molecular formula is C15H8F16O2. The molecule has 2 nitrogen and oxygen atoms in total. The summed E-state index contributed by atoms with van der Waals surface area (Å²) < 4.78 is 217. The molecule has 0 heterocycles. The zero-order valence-electron chi connectivity index (χ0n) is 15.0. The first-order chi connectivity index (χ1) is 14.4. The lowest BCUT2D eigenvalue weighted by Crippen LogP contribution is -2.75. The zero-order chi connectivity index (χ0) is 25.8. The normalized spacial score (nSPS) is 35.9. The molecule has 0 radical (unpaired) electrons. The smallest absolute Gasteiger partial charge is 0.272 e. The standard InChI is InChI=1S/C15H8F16O2/c16-8(17)6-4-1-2-5(3-4)7(6)9(8,18)32-15(30,31)11(21,13(25,26)27)33-14(28,29)10(19,20)12(22,23)24/h1-2,4-7H,3H2. The highest BCUT2D eigenvalue weighted by atomic mass is 19.4. The van der Waals surface area contributed by atoms with Gasteiger partial charge in [0.1, 0.15) is 0 Å². The molecule has 3 rings (SSSR count). The summed E-state index contributed by atoms with van der Waals surface area (Å²) in [4.78, 5) is 0. The van der Waals surface area contributed by atoms with Crippen LogP contribution in [0.3, 0.4) is 0 Å². The Morgan fingerprint density at radius 1 is 0.636 bits per heavy atom. The summed E-state index contributed by atoms with van der Waals surface area (Å²) >= 11 is 0. The van der Waals surface area contributed by atoms with Gasteiger partial charge in [-0.25, -0.2) is 4.39 Å². The molecule has 0 N–H and O–H groups in total. The second-order valence-electron chi connectivity index (χ2n) is 7.67. The quantitative estimate of drug-likeness (QED) is 0.297. The third kappa shape index (κ3) is 3.17. The van der Waals surface area contributed by atoms with Crippen molar-refractivity contribution in [3.63, 3.8) is 0 Å². The first kappa shape index (κ1) is 26.2. The highest BCUT2D eigenvalue weighted by Gasteiger charge is 2.89. The lowest BCUT2D eigenvalue weighted by atomic mass is 9.60. The van der Waals surface area contributed by atoms with E-state index in [0.29, 0.717) is 0 Å². The van der Waals surface area contributed by atoms with E-state index in [-0.39, 0.29) is 6.42 Å². The van der Waals surface area contributed by atoms with Gasteiger partial charge in [0.2, 0.25) is 0 Å². The lowest BCUT2D eigenvalue weighted by Gasteiger charge is -2.56. The second-order valence-corrected chi connectivity index (χ2v) is 7.67. The molecule has 0 aromatic carbocycles. The molecular weight excluding hydrogens is 516 g/mol. The Kier molecular flexibility index (Phi) is 5.23. The van der Waals surface area contributed by atoms with Crippen molar-refractivity contribution in [1.82, 2.24) is 0 Å². The van der Waals surface area contributed by atoms with Crippen molar-refractivity contribution < 1.29 is 79.7 Å². The number of allylic oxidation sites excluding steroid dienone is 2. The molecule has 192 valence electrons. The summed E-state index contributed by atoms with van der Waals surface area (Å²) in [5.74, 6) is -32.4. The highest BCUT2D eigenvalue weighted by Crippen LogP contribution is 2.72. The van der Waals surface area contributed by atoms with Crippen LogP contribution in [0.2, 0.25) is 0 Å². The van der Waals surface area contributed by atoms with Crippen molar-refractivity contribution in [3.8, 4) is 0 Å². The van der Waals surface area contributed by atoms with Gasteiger partial charge in [-0.05, 0) is 18.3 Å². The summed E-state index contributed by atoms with van der Waals surface area (Å²) in [5, 5.41) is 0. The van der Waals surface area contributed by atoms with Crippen LogP contribution in [0.25, 0.3) is 0 Å². The first-order valence-corrected chi connectivity index (χ1v) is 8.48. The Hall–Kier alpha value is -1.46. The average molecular weight is 524 g/mol. The Bertz CT molecular complexity index is 831. The van der Waals surface area contributed by atoms with Crippen molar-refractivity contribution in [2.45, 2.75) is 54.5 Å². The highest BCUT2D eigenvalue weighted by molar-refractivity contribution is 5.28. The topological polar surface area (TPSA) is 18.5 Å². The fraction of sp³-hybridized carbons (Fsp3) is 0.867. The van der Waals surface area contributed by atoms with Gasteiger partial charge in [-0.3, -0.25) is 9.47 Å². The van der Waals surface area contributed by atoms with E-state index in [1.165, 1.54) is 0 Å². The third-order valence-electron chi connectivity index (χ3n) is 5.77. The van der Waals surface area contributed by atoms with Gasteiger partial charge < -0.3 is 0 Å². The van der Waals surface area contributed by atoms with Crippen molar-refractivity contribution in [1.29, 1.82) is 0 Å². The van der Waals surface area contributed by atoms with Gasteiger partial charge in [-0.2, -0.15) is 65.9 Å². The monoisotopic (exact) mass is 524 g/mol. The maximum atomic E-state index is 14.8. The molecule has 0 aliphatic heterocycles. The minimum absolute atomic E-state index is 0.308. The van der Waals surface area contributed by atoms with Gasteiger partial charge in [0.15, 0.2) is 0 Å². The first-order valence-electron chi connectivity index (χ1n) is 8.48. The number of halogens is 16. The third-order valence-corrected chi connectivity index (χ3v) is 5.77. The maximum absolute atomic E-state index is 14.8. The van der Waals surface area contributed by atoms with E-state index < -0.39 is 71.8 Å². The van der Waals surface area contributed by atoms with Crippen LogP contribution in [0.15, 0.2) is 12.2 Å². The van der Waals surface area contributed by atoms with Crippen LogP contribution in [-0.2, 0) is 9.47 Å². The summed E-state index contributed by atoms with van der Waals surface area (Å²) in [7, 11) is 0. The van der Waals surface area contributed by atoms with Crippen LogP contribution < -0.4 is 0 Å². The minimum Gasteiger partial charge on any atom is -0.272 e. The van der Waals surface area contributed by atoms with E-state index in [1.54, 1.807) is 4.74 Å². The lowest BCUT2D eigenvalue weighted by molar-refractivity contribution is -0.562. The fourth-order valence-electron chi connectivity index (χ4n) is 4.25. The number of hydrogen-bond acceptors (Lipinski definition) is 2. The van der Waals surface area contributed by atoms with Crippen molar-refractivity contribution in [2.75, 3.05) is 0 Å². The van der Waals surface area contributed by atoms with Gasteiger partial charge in [-0.15, -0.1) is 0 Å². The van der Waals surface area contributed by atoms with E-state index in [0.717, 1.165) is 12.2 Å². The Balaban J connectivity index is 2.00. The van der Waals surface area contributed by atoms with E-state index in [9.17, 15) is 70.2 Å². The van der Waals surface area contributed by atoms with Crippen molar-refractivity contribution in [2.24, 2.45) is 23.7 Å². The number of fused-ring (bicyclic) bond motifs is 5. The number of ether oxygens (including phenoxy) is 2. The Morgan fingerprint density at radius 2 is 1.09 bits per heavy atom. The van der Waals surface area contributed by atoms with Crippen molar-refractivity contribution in [3.05, 3.63) is 12.2 Å². The van der Waals surface area contributed by atoms with Crippen LogP contribution >= 0.6 is 0 Å². The summed E-state index contributed by atoms with van der Waals surface area (Å²) in [6.45, 7) is 0. The van der Waals surface area contributed by atoms with Gasteiger partial charge >= 0.3 is 42.3 Å². The van der Waals surface area contributed by atoms with Crippen LogP contribution in [0, 0.1) is 23.7 Å². The fourth-order valence-corrected chi connectivity index (χ4v) is 4.25. The molecule has 0 aromatic heterocycles. The molecule has 2 fully saturated rings. The minimum atomic E-state index is -7.69. The average Bonchev–Trinajstić information content (AvgIpc) is 3.19. The Morgan fingerprint density at radius 3 is 1.52 bits per heavy atom. The van der Waals surface area contributed by atoms with E-state index in [2.05, 4.69) is 4.74 Å². The molecule has 0 amide bonds. The Labute approximate surface area is 171 Å². The number of hydrogen-bond donors (Lipinski definition) is 0. The van der Waals surface area contributed by atoms with Crippen LogP contribution in [0.5, 0.6) is 0 Å². The molecule has 2 bridgehead atoms. The largest absolute Gasteiger partial charge is 0.462 e. The predicted molar refractivity (Wildman–Crippen MR) is 69.5 cm³/mol. The number of alkyl halides is 16. The predicted octanol–water partition coefficient (Wildman–Crippen LogP) is 6.38. The summed E-state index contributed by atoms with van der Waals surface area (Å²) in [6, 6.07) is 0. The van der Waals surface area contributed by atoms with Gasteiger partial charge in [0.25, 0.3) is 5.85 Å². The molecule has 0 spiro atoms. The molecule has 6 atom stereocenters. The second kappa shape index (κ2) is 6.60. The van der Waals surface area contributed by atoms with E-state index >= 15 is 0 Å². The van der Waals surface area contributed by atoms with Gasteiger partial charge in [-0.1, -0.05) is 12.2 Å². The number of rotatable bonds is 6. The van der Waals surface area contributed by atoms with Gasteiger partial charge in [0, 0.05) is 11.8 Å². The van der Waals surface area contributed by atoms with Crippen LogP contribution in [0.4, 0.5) is 70.2 Å². The molecule has 6 unspecified atom stereocenters. The molecule has 3 aliphatic rings. The van der Waals surface area contributed by atoms with E-state index in [1.807, 2.05) is 0 Å². The van der Waals surface area contributed by atoms with Crippen molar-refractivity contribution >= 4 is 0 Å². The van der Waals surface area contributed by atoms with E-state index in [4.69, 9.17) is 0 Å². The molecule has 0 saturated heterocycles. The van der Waals surface area contributed by atoms with Crippen LogP contribution in [0.1, 0.15) is 6.42 Å². The molecule has 18 heteroatoms. The van der Waals surface area contributed by atoms with Gasteiger partial charge in [0.05, 0.1) is 0 Å². The SMILES string of the molecule is FC(F)(F)C(F)(F)C(F)(F)OC(F)(C(F)(F)F)C(F)(F)OC1(F)C2C3C=CC(C3)C2C1(F)F. The molecule has 2 saturated carbocycles. The molecule has 33 heavy (non-hydrogen) atoms. The maximum Gasteiger partial charge on any atom is 0.462 e. The zero-order valence-corrected chi connectivity index (χ0v) is 15.0. The summed E-state index contributed by atoms with van der Waals surface area (Å²) in [6.07, 6.45) is -28.3. The molecule has 3 aliphatic carbocycles. The van der Waals surface area contributed by atoms with Crippen LogP contribution in [-0.4, -0.2) is 48.1 Å². The summed E-state index contributed by atoms with van der Waals surface area (Å²) in [5.41, 5.74) is 0. The molecule has 0 aromatic rings.